The van der Waals surface area contributed by atoms with Crippen LogP contribution >= 0.6 is 0 Å². The quantitative estimate of drug-likeness (QED) is 0.780. The lowest BCUT2D eigenvalue weighted by atomic mass is 10.0. The number of nitrogens with zero attached hydrogens (tertiary/aromatic N) is 4. The maximum atomic E-state index is 4.55. The lowest BCUT2D eigenvalue weighted by Gasteiger charge is -2.18. The maximum absolute atomic E-state index is 4.55. The number of aromatic nitrogens is 4. The second kappa shape index (κ2) is 6.01. The summed E-state index contributed by atoms with van der Waals surface area (Å²) in [6.45, 7) is 3.09. The molecule has 0 saturated carbocycles. The standard InChI is InChI=1S/C16H19N5/c1-3-8-18-16(14-7-11-21(2)20-14)12-5-4-6-13-15(12)19-10-9-17-13/h4-7,9-11,16,18H,3,8H2,1-2H3. The van der Waals surface area contributed by atoms with Crippen molar-refractivity contribution in [2.75, 3.05) is 6.54 Å². The van der Waals surface area contributed by atoms with Crippen LogP contribution < -0.4 is 5.32 Å². The Morgan fingerprint density at radius 1 is 1.19 bits per heavy atom. The van der Waals surface area contributed by atoms with E-state index in [0.29, 0.717) is 0 Å². The Kier molecular flexibility index (Phi) is 3.92. The summed E-state index contributed by atoms with van der Waals surface area (Å²) < 4.78 is 1.83. The molecule has 21 heavy (non-hydrogen) atoms. The second-order valence-electron chi connectivity index (χ2n) is 5.07. The first-order valence-electron chi connectivity index (χ1n) is 7.22. The summed E-state index contributed by atoms with van der Waals surface area (Å²) in [6, 6.07) is 8.19. The number of para-hydroxylation sites is 1. The topological polar surface area (TPSA) is 55.6 Å². The molecule has 2 aromatic heterocycles. The fraction of sp³-hybridized carbons (Fsp3) is 0.312. The molecule has 5 nitrogen and oxygen atoms in total. The summed E-state index contributed by atoms with van der Waals surface area (Å²) in [7, 11) is 1.93. The number of aryl methyl sites for hydroxylation is 1. The third kappa shape index (κ3) is 2.78. The Balaban J connectivity index is 2.09. The number of hydrogen-bond donors (Lipinski definition) is 1. The lowest BCUT2D eigenvalue weighted by molar-refractivity contribution is 0.577. The molecule has 5 heteroatoms. The molecule has 1 atom stereocenters. The van der Waals surface area contributed by atoms with Crippen LogP contribution in [0.25, 0.3) is 11.0 Å². The van der Waals surface area contributed by atoms with Crippen molar-refractivity contribution in [2.24, 2.45) is 7.05 Å². The highest BCUT2D eigenvalue weighted by atomic mass is 15.3. The fourth-order valence-corrected chi connectivity index (χ4v) is 2.50. The Bertz CT molecular complexity index is 729. The summed E-state index contributed by atoms with van der Waals surface area (Å²) in [5.41, 5.74) is 3.96. The Morgan fingerprint density at radius 3 is 2.81 bits per heavy atom. The summed E-state index contributed by atoms with van der Waals surface area (Å²) in [6.07, 6.45) is 6.50. The molecule has 1 N–H and O–H groups in total. The largest absolute Gasteiger partial charge is 0.305 e. The normalized spacial score (nSPS) is 12.7. The summed E-state index contributed by atoms with van der Waals surface area (Å²) >= 11 is 0. The molecular formula is C16H19N5. The number of benzene rings is 1. The van der Waals surface area contributed by atoms with Crippen LogP contribution in [-0.2, 0) is 7.05 Å². The summed E-state index contributed by atoms with van der Waals surface area (Å²) in [4.78, 5) is 8.89. The van der Waals surface area contributed by atoms with Crippen LogP contribution in [0.15, 0.2) is 42.9 Å². The molecule has 3 aromatic rings. The smallest absolute Gasteiger partial charge is 0.0938 e. The molecule has 1 aromatic carbocycles. The summed E-state index contributed by atoms with van der Waals surface area (Å²) in [5.74, 6) is 0. The Morgan fingerprint density at radius 2 is 2.05 bits per heavy atom. The Labute approximate surface area is 124 Å². The van der Waals surface area contributed by atoms with E-state index >= 15 is 0 Å². The van der Waals surface area contributed by atoms with E-state index in [-0.39, 0.29) is 6.04 Å². The highest BCUT2D eigenvalue weighted by Crippen LogP contribution is 2.26. The summed E-state index contributed by atoms with van der Waals surface area (Å²) in [5, 5.41) is 8.12. The van der Waals surface area contributed by atoms with Gasteiger partial charge in [0.05, 0.1) is 22.8 Å². The number of nitrogens with one attached hydrogen (secondary N) is 1. The molecule has 0 bridgehead atoms. The van der Waals surface area contributed by atoms with Crippen LogP contribution in [-0.4, -0.2) is 26.3 Å². The molecule has 3 rings (SSSR count). The van der Waals surface area contributed by atoms with Crippen LogP contribution in [0, 0.1) is 0 Å². The highest BCUT2D eigenvalue weighted by Gasteiger charge is 2.19. The lowest BCUT2D eigenvalue weighted by Crippen LogP contribution is -2.24. The van der Waals surface area contributed by atoms with E-state index in [9.17, 15) is 0 Å². The minimum absolute atomic E-state index is 0.0338. The Hall–Kier alpha value is -2.27. The van der Waals surface area contributed by atoms with E-state index in [0.717, 1.165) is 35.3 Å². The van der Waals surface area contributed by atoms with Gasteiger partial charge in [0, 0.05) is 31.2 Å². The zero-order valence-corrected chi connectivity index (χ0v) is 12.3. The van der Waals surface area contributed by atoms with E-state index in [4.69, 9.17) is 0 Å². The van der Waals surface area contributed by atoms with Crippen LogP contribution in [0.3, 0.4) is 0 Å². The van der Waals surface area contributed by atoms with E-state index in [1.54, 1.807) is 12.4 Å². The van der Waals surface area contributed by atoms with Gasteiger partial charge < -0.3 is 5.32 Å². The van der Waals surface area contributed by atoms with Gasteiger partial charge in [-0.1, -0.05) is 19.1 Å². The first-order valence-corrected chi connectivity index (χ1v) is 7.22. The maximum Gasteiger partial charge on any atom is 0.0938 e. The van der Waals surface area contributed by atoms with Gasteiger partial charge in [0.2, 0.25) is 0 Å². The third-order valence-corrected chi connectivity index (χ3v) is 3.47. The third-order valence-electron chi connectivity index (χ3n) is 3.47. The van der Waals surface area contributed by atoms with E-state index < -0.39 is 0 Å². The van der Waals surface area contributed by atoms with Crippen LogP contribution in [0.1, 0.15) is 30.6 Å². The zero-order chi connectivity index (χ0) is 14.7. The van der Waals surface area contributed by atoms with Crippen LogP contribution in [0.2, 0.25) is 0 Å². The first kappa shape index (κ1) is 13.7. The van der Waals surface area contributed by atoms with Gasteiger partial charge in [0.15, 0.2) is 0 Å². The average molecular weight is 281 g/mol. The second-order valence-corrected chi connectivity index (χ2v) is 5.07. The van der Waals surface area contributed by atoms with Crippen molar-refractivity contribution in [1.82, 2.24) is 25.1 Å². The molecule has 0 aliphatic rings. The van der Waals surface area contributed by atoms with Crippen molar-refractivity contribution < 1.29 is 0 Å². The van der Waals surface area contributed by atoms with E-state index in [1.807, 2.05) is 36.1 Å². The zero-order valence-electron chi connectivity index (χ0n) is 12.3. The SMILES string of the molecule is CCCNC(c1ccn(C)n1)c1cccc2nccnc12. The van der Waals surface area contributed by atoms with Gasteiger partial charge in [0.1, 0.15) is 0 Å². The fourth-order valence-electron chi connectivity index (χ4n) is 2.50. The molecular weight excluding hydrogens is 262 g/mol. The van der Waals surface area contributed by atoms with Gasteiger partial charge in [-0.15, -0.1) is 0 Å². The van der Waals surface area contributed by atoms with Gasteiger partial charge >= 0.3 is 0 Å². The average Bonchev–Trinajstić information content (AvgIpc) is 2.94. The van der Waals surface area contributed by atoms with Crippen molar-refractivity contribution in [3.05, 3.63) is 54.1 Å². The number of rotatable bonds is 5. The molecule has 0 saturated heterocycles. The molecule has 108 valence electrons. The number of hydrogen-bond acceptors (Lipinski definition) is 4. The minimum Gasteiger partial charge on any atom is -0.305 e. The van der Waals surface area contributed by atoms with Gasteiger partial charge in [-0.25, -0.2) is 0 Å². The minimum atomic E-state index is 0.0338. The van der Waals surface area contributed by atoms with Crippen molar-refractivity contribution in [1.29, 1.82) is 0 Å². The van der Waals surface area contributed by atoms with Crippen molar-refractivity contribution in [3.63, 3.8) is 0 Å². The monoisotopic (exact) mass is 281 g/mol. The van der Waals surface area contributed by atoms with Gasteiger partial charge in [-0.2, -0.15) is 5.10 Å². The number of fused-ring (bicyclic) bond motifs is 1. The molecule has 0 fully saturated rings. The van der Waals surface area contributed by atoms with Crippen LogP contribution in [0.5, 0.6) is 0 Å². The molecule has 0 radical (unpaired) electrons. The van der Waals surface area contributed by atoms with Crippen molar-refractivity contribution in [3.8, 4) is 0 Å². The molecule has 0 spiro atoms. The van der Waals surface area contributed by atoms with Gasteiger partial charge in [-0.05, 0) is 25.1 Å². The highest BCUT2D eigenvalue weighted by molar-refractivity contribution is 5.78. The van der Waals surface area contributed by atoms with Crippen molar-refractivity contribution >= 4 is 11.0 Å². The molecule has 0 aliphatic heterocycles. The van der Waals surface area contributed by atoms with Gasteiger partial charge in [-0.3, -0.25) is 14.6 Å². The van der Waals surface area contributed by atoms with E-state index in [2.05, 4.69) is 33.4 Å². The van der Waals surface area contributed by atoms with E-state index in [1.165, 1.54) is 0 Å². The molecule has 1 unspecified atom stereocenters. The van der Waals surface area contributed by atoms with Gasteiger partial charge in [0.25, 0.3) is 0 Å². The van der Waals surface area contributed by atoms with Crippen LogP contribution in [0.4, 0.5) is 0 Å². The predicted molar refractivity (Wildman–Crippen MR) is 82.9 cm³/mol. The first-order chi connectivity index (χ1) is 10.3. The molecule has 0 amide bonds. The van der Waals surface area contributed by atoms with Crippen molar-refractivity contribution in [2.45, 2.75) is 19.4 Å². The molecule has 0 aliphatic carbocycles. The molecule has 2 heterocycles. The predicted octanol–water partition coefficient (Wildman–Crippen LogP) is 2.45.